The van der Waals surface area contributed by atoms with E-state index < -0.39 is 21.7 Å². The van der Waals surface area contributed by atoms with Gasteiger partial charge in [-0.1, -0.05) is 48.5 Å². The Balaban J connectivity index is 1.95. The zero-order valence-corrected chi connectivity index (χ0v) is 14.9. The lowest BCUT2D eigenvalue weighted by Gasteiger charge is -2.15. The highest BCUT2D eigenvalue weighted by atomic mass is 32.2. The first-order valence-corrected chi connectivity index (χ1v) is 10.0. The summed E-state index contributed by atoms with van der Waals surface area (Å²) in [6.45, 7) is -0.466. The molecule has 0 aliphatic carbocycles. The quantitative estimate of drug-likeness (QED) is 0.632. The molecule has 0 saturated heterocycles. The van der Waals surface area contributed by atoms with Crippen LogP contribution in [0.3, 0.4) is 0 Å². The molecule has 2 rings (SSSR count). The molecule has 2 N–H and O–H groups in total. The van der Waals surface area contributed by atoms with Crippen molar-refractivity contribution < 1.29 is 23.4 Å². The zero-order chi connectivity index (χ0) is 18.1. The molecule has 0 spiro atoms. The minimum atomic E-state index is -3.44. The first-order valence-electron chi connectivity index (χ1n) is 8.29. The summed E-state index contributed by atoms with van der Waals surface area (Å²) in [6, 6.07) is 17.5. The van der Waals surface area contributed by atoms with Crippen LogP contribution in [0.4, 0.5) is 0 Å². The average Bonchev–Trinajstić information content (AvgIpc) is 2.64. The summed E-state index contributed by atoms with van der Waals surface area (Å²) in [7, 11) is -3.44. The molecule has 136 valence electrons. The second-order valence-electron chi connectivity index (χ2n) is 5.75. The highest BCUT2D eigenvalue weighted by Crippen LogP contribution is 2.29. The van der Waals surface area contributed by atoms with Crippen LogP contribution in [-0.4, -0.2) is 49.5 Å². The molecule has 0 aliphatic rings. The van der Waals surface area contributed by atoms with E-state index in [9.17, 15) is 8.42 Å². The van der Waals surface area contributed by atoms with E-state index in [4.69, 9.17) is 14.9 Å². The van der Waals surface area contributed by atoms with Gasteiger partial charge in [-0.3, -0.25) is 0 Å². The van der Waals surface area contributed by atoms with Crippen molar-refractivity contribution in [2.45, 2.75) is 18.1 Å². The molecule has 2 aromatic carbocycles. The van der Waals surface area contributed by atoms with Crippen molar-refractivity contribution in [2.75, 3.05) is 25.6 Å². The maximum atomic E-state index is 12.1. The molecule has 0 fully saturated rings. The van der Waals surface area contributed by atoms with Crippen molar-refractivity contribution >= 4 is 9.84 Å². The Labute approximate surface area is 148 Å². The summed E-state index contributed by atoms with van der Waals surface area (Å²) < 4.78 is 30.0. The van der Waals surface area contributed by atoms with E-state index in [-0.39, 0.29) is 25.4 Å². The van der Waals surface area contributed by atoms with Crippen molar-refractivity contribution in [1.29, 1.82) is 0 Å². The number of hydrogen-bond acceptors (Lipinski definition) is 5. The van der Waals surface area contributed by atoms with Gasteiger partial charge < -0.3 is 14.9 Å². The van der Waals surface area contributed by atoms with Gasteiger partial charge >= 0.3 is 0 Å². The van der Waals surface area contributed by atoms with Crippen LogP contribution in [0, 0.1) is 0 Å². The number of hydrogen-bond donors (Lipinski definition) is 2. The fourth-order valence-corrected chi connectivity index (χ4v) is 4.13. The Kier molecular flexibility index (Phi) is 7.43. The predicted octanol–water partition coefficient (Wildman–Crippen LogP) is 2.28. The molecule has 0 aromatic heterocycles. The molecule has 25 heavy (non-hydrogen) atoms. The molecule has 0 amide bonds. The second-order valence-corrected chi connectivity index (χ2v) is 8.15. The molecule has 0 heterocycles. The van der Waals surface area contributed by atoms with Gasteiger partial charge in [-0.05, 0) is 24.5 Å². The fourth-order valence-electron chi connectivity index (χ4n) is 2.59. The maximum Gasteiger partial charge on any atom is 0.155 e. The summed E-state index contributed by atoms with van der Waals surface area (Å²) in [5.41, 5.74) is 1.99. The number of rotatable bonds is 10. The van der Waals surface area contributed by atoms with Crippen LogP contribution < -0.4 is 4.74 Å². The molecule has 0 saturated carbocycles. The highest BCUT2D eigenvalue weighted by Gasteiger charge is 2.23. The van der Waals surface area contributed by atoms with Crippen LogP contribution in [-0.2, 0) is 9.84 Å². The van der Waals surface area contributed by atoms with E-state index in [0.717, 1.165) is 11.1 Å². The maximum absolute atomic E-state index is 12.1. The monoisotopic (exact) mass is 364 g/mol. The van der Waals surface area contributed by atoms with Crippen molar-refractivity contribution in [3.63, 3.8) is 0 Å². The van der Waals surface area contributed by atoms with Gasteiger partial charge in [-0.15, -0.1) is 0 Å². The SMILES string of the molecule is O=S(=O)(CCCOc1ccccc1-c1ccccc1)[C@H](CO)CCO. The minimum absolute atomic E-state index is 0.0521. The Morgan fingerprint density at radius 1 is 0.960 bits per heavy atom. The van der Waals surface area contributed by atoms with E-state index >= 15 is 0 Å². The molecule has 2 aromatic rings. The van der Waals surface area contributed by atoms with Crippen LogP contribution in [0.15, 0.2) is 54.6 Å². The summed E-state index contributed by atoms with van der Waals surface area (Å²) >= 11 is 0. The van der Waals surface area contributed by atoms with Gasteiger partial charge in [-0.2, -0.15) is 0 Å². The number of sulfone groups is 1. The van der Waals surface area contributed by atoms with Gasteiger partial charge in [0.2, 0.25) is 0 Å². The summed E-state index contributed by atoms with van der Waals surface area (Å²) in [6.07, 6.45) is 0.379. The lowest BCUT2D eigenvalue weighted by Crippen LogP contribution is -2.29. The minimum Gasteiger partial charge on any atom is -0.493 e. The third-order valence-corrected chi connectivity index (χ3v) is 6.22. The number of aliphatic hydroxyl groups is 2. The summed E-state index contributed by atoms with van der Waals surface area (Å²) in [5.74, 6) is 0.631. The topological polar surface area (TPSA) is 83.8 Å². The number of benzene rings is 2. The van der Waals surface area contributed by atoms with E-state index in [2.05, 4.69) is 0 Å². The molecule has 5 nitrogen and oxygen atoms in total. The van der Waals surface area contributed by atoms with Crippen LogP contribution in [0.1, 0.15) is 12.8 Å². The van der Waals surface area contributed by atoms with Crippen molar-refractivity contribution in [3.05, 3.63) is 54.6 Å². The fraction of sp³-hybridized carbons (Fsp3) is 0.368. The molecular weight excluding hydrogens is 340 g/mol. The second kappa shape index (κ2) is 9.56. The van der Waals surface area contributed by atoms with E-state index in [1.165, 1.54) is 0 Å². The van der Waals surface area contributed by atoms with Crippen LogP contribution in [0.25, 0.3) is 11.1 Å². The third kappa shape index (κ3) is 5.56. The highest BCUT2D eigenvalue weighted by molar-refractivity contribution is 7.92. The standard InChI is InChI=1S/C19H24O5S/c20-12-11-17(15-21)25(22,23)14-6-13-24-19-10-5-4-9-18(19)16-7-2-1-3-8-16/h1-5,7-10,17,20-21H,6,11-15H2/t17-/m0/s1. The van der Waals surface area contributed by atoms with Gasteiger partial charge in [0.1, 0.15) is 5.75 Å². The van der Waals surface area contributed by atoms with Gasteiger partial charge in [0.15, 0.2) is 9.84 Å². The van der Waals surface area contributed by atoms with Crippen molar-refractivity contribution in [3.8, 4) is 16.9 Å². The molecule has 0 radical (unpaired) electrons. The van der Waals surface area contributed by atoms with Crippen LogP contribution in [0.5, 0.6) is 5.75 Å². The van der Waals surface area contributed by atoms with Crippen molar-refractivity contribution in [1.82, 2.24) is 0 Å². The molecule has 0 bridgehead atoms. The zero-order valence-electron chi connectivity index (χ0n) is 14.0. The van der Waals surface area contributed by atoms with Crippen LogP contribution in [0.2, 0.25) is 0 Å². The third-order valence-electron chi connectivity index (χ3n) is 3.97. The predicted molar refractivity (Wildman–Crippen MR) is 98.4 cm³/mol. The summed E-state index contributed by atoms with van der Waals surface area (Å²) in [4.78, 5) is 0. The van der Waals surface area contributed by atoms with Gasteiger partial charge in [0.05, 0.1) is 24.2 Å². The van der Waals surface area contributed by atoms with Crippen LogP contribution >= 0.6 is 0 Å². The van der Waals surface area contributed by atoms with E-state index in [1.54, 1.807) is 0 Å². The average molecular weight is 364 g/mol. The molecule has 0 unspecified atom stereocenters. The lowest BCUT2D eigenvalue weighted by atomic mass is 10.1. The molecule has 0 aliphatic heterocycles. The number of aliphatic hydroxyl groups excluding tert-OH is 2. The smallest absolute Gasteiger partial charge is 0.155 e. The van der Waals surface area contributed by atoms with Gasteiger partial charge in [-0.25, -0.2) is 8.42 Å². The Bertz CT molecular complexity index is 743. The largest absolute Gasteiger partial charge is 0.493 e. The van der Waals surface area contributed by atoms with Crippen molar-refractivity contribution in [2.24, 2.45) is 0 Å². The Morgan fingerprint density at radius 2 is 1.64 bits per heavy atom. The Morgan fingerprint density at radius 3 is 2.32 bits per heavy atom. The van der Waals surface area contributed by atoms with Gasteiger partial charge in [0.25, 0.3) is 0 Å². The molecular formula is C19H24O5S. The normalized spacial score (nSPS) is 12.7. The lowest BCUT2D eigenvalue weighted by molar-refractivity contribution is 0.243. The first-order chi connectivity index (χ1) is 12.1. The number of ether oxygens (including phenoxy) is 1. The summed E-state index contributed by atoms with van der Waals surface area (Å²) in [5, 5.41) is 17.1. The molecule has 6 heteroatoms. The number of para-hydroxylation sites is 1. The van der Waals surface area contributed by atoms with E-state index in [0.29, 0.717) is 12.2 Å². The first kappa shape index (κ1) is 19.4. The molecule has 1 atom stereocenters. The van der Waals surface area contributed by atoms with E-state index in [1.807, 2.05) is 54.6 Å². The Hall–Kier alpha value is -1.89. The van der Waals surface area contributed by atoms with Gasteiger partial charge in [0, 0.05) is 12.2 Å².